The molecule has 0 spiro atoms. The van der Waals surface area contributed by atoms with Gasteiger partial charge in [-0.2, -0.15) is 0 Å². The van der Waals surface area contributed by atoms with Crippen LogP contribution in [0.15, 0.2) is 30.3 Å². The van der Waals surface area contributed by atoms with E-state index >= 15 is 0 Å². The number of hydrogen-bond donors (Lipinski definition) is 3. The van der Waals surface area contributed by atoms with Crippen molar-refractivity contribution in [2.24, 2.45) is 5.73 Å². The zero-order chi connectivity index (χ0) is 14.3. The lowest BCUT2D eigenvalue weighted by Crippen LogP contribution is -2.50. The number of benzene rings is 1. The van der Waals surface area contributed by atoms with Gasteiger partial charge in [0.2, 0.25) is 5.91 Å². The van der Waals surface area contributed by atoms with Crippen molar-refractivity contribution >= 4 is 18.3 Å². The van der Waals surface area contributed by atoms with Crippen LogP contribution in [0, 0.1) is 0 Å². The molecule has 20 heavy (non-hydrogen) atoms. The minimum Gasteiger partial charge on any atom is -0.354 e. The van der Waals surface area contributed by atoms with Gasteiger partial charge in [0.25, 0.3) is 0 Å². The molecule has 1 unspecified atom stereocenters. The second kappa shape index (κ2) is 8.95. The minimum atomic E-state index is -0.167. The van der Waals surface area contributed by atoms with E-state index in [-0.39, 0.29) is 29.9 Å². The van der Waals surface area contributed by atoms with E-state index in [1.165, 1.54) is 5.56 Å². The van der Waals surface area contributed by atoms with E-state index in [1.54, 1.807) is 0 Å². The van der Waals surface area contributed by atoms with Crippen molar-refractivity contribution in [3.8, 4) is 0 Å². The first-order valence-electron chi connectivity index (χ1n) is 6.74. The van der Waals surface area contributed by atoms with Crippen molar-refractivity contribution in [2.75, 3.05) is 13.1 Å². The first-order chi connectivity index (χ1) is 8.94. The molecule has 0 radical (unpaired) electrons. The number of carbonyl (C=O) groups is 1. The summed E-state index contributed by atoms with van der Waals surface area (Å²) in [7, 11) is 0. The maximum Gasteiger partial charge on any atom is 0.221 e. The van der Waals surface area contributed by atoms with Crippen LogP contribution in [0.5, 0.6) is 0 Å². The monoisotopic (exact) mass is 299 g/mol. The number of carbonyl (C=O) groups excluding carboxylic acids is 1. The summed E-state index contributed by atoms with van der Waals surface area (Å²) in [5.74, 6) is 0.00439. The van der Waals surface area contributed by atoms with E-state index in [1.807, 2.05) is 18.2 Å². The van der Waals surface area contributed by atoms with Crippen LogP contribution in [-0.2, 0) is 4.79 Å². The lowest BCUT2D eigenvalue weighted by Gasteiger charge is -2.30. The van der Waals surface area contributed by atoms with Crippen LogP contribution in [-0.4, -0.2) is 24.5 Å². The first kappa shape index (κ1) is 18.9. The molecule has 1 amide bonds. The Labute approximate surface area is 127 Å². The van der Waals surface area contributed by atoms with E-state index < -0.39 is 0 Å². The van der Waals surface area contributed by atoms with Gasteiger partial charge < -0.3 is 16.4 Å². The van der Waals surface area contributed by atoms with Crippen LogP contribution >= 0.6 is 12.4 Å². The maximum absolute atomic E-state index is 11.4. The van der Waals surface area contributed by atoms with Gasteiger partial charge in [0.05, 0.1) is 0 Å². The predicted octanol–water partition coefficient (Wildman–Crippen LogP) is 2.00. The Morgan fingerprint density at radius 2 is 1.90 bits per heavy atom. The fourth-order valence-corrected chi connectivity index (χ4v) is 2.00. The Bertz CT molecular complexity index is 395. The van der Waals surface area contributed by atoms with E-state index in [4.69, 9.17) is 5.73 Å². The fourth-order valence-electron chi connectivity index (χ4n) is 2.00. The highest BCUT2D eigenvalue weighted by Gasteiger charge is 2.21. The number of nitrogens with two attached hydrogens (primary N) is 1. The molecule has 0 aromatic heterocycles. The second-order valence-corrected chi connectivity index (χ2v) is 5.48. The van der Waals surface area contributed by atoms with E-state index in [2.05, 4.69) is 43.5 Å². The maximum atomic E-state index is 11.4. The lowest BCUT2D eigenvalue weighted by molar-refractivity contribution is -0.121. The lowest BCUT2D eigenvalue weighted by atomic mass is 10.0. The molecule has 1 atom stereocenters. The third-order valence-corrected chi connectivity index (χ3v) is 3.01. The summed E-state index contributed by atoms with van der Waals surface area (Å²) >= 11 is 0. The molecule has 0 saturated heterocycles. The molecule has 0 aliphatic rings. The van der Waals surface area contributed by atoms with Gasteiger partial charge in [-0.25, -0.2) is 0 Å². The zero-order valence-corrected chi connectivity index (χ0v) is 13.3. The van der Waals surface area contributed by atoms with Crippen molar-refractivity contribution in [1.29, 1.82) is 0 Å². The Morgan fingerprint density at radius 1 is 1.30 bits per heavy atom. The molecule has 1 aromatic carbocycles. The molecule has 0 fully saturated rings. The summed E-state index contributed by atoms with van der Waals surface area (Å²) in [6, 6.07) is 10.5. The van der Waals surface area contributed by atoms with Gasteiger partial charge in [0.15, 0.2) is 0 Å². The summed E-state index contributed by atoms with van der Waals surface area (Å²) in [5.41, 5.74) is 6.42. The van der Waals surface area contributed by atoms with Crippen molar-refractivity contribution in [1.82, 2.24) is 10.6 Å². The van der Waals surface area contributed by atoms with Crippen LogP contribution < -0.4 is 16.4 Å². The standard InChI is InChI=1S/C15H25N3O.ClH/c1-12(13-7-5-4-6-8-13)18-15(2,3)11-17-14(19)9-10-16;/h4-8,12,18H,9-11,16H2,1-3H3,(H,17,19);1H. The topological polar surface area (TPSA) is 67.1 Å². The molecule has 1 aromatic rings. The molecule has 5 heteroatoms. The average Bonchev–Trinajstić information content (AvgIpc) is 2.37. The third-order valence-electron chi connectivity index (χ3n) is 3.01. The van der Waals surface area contributed by atoms with Crippen LogP contribution in [0.4, 0.5) is 0 Å². The Balaban J connectivity index is 0.00000361. The second-order valence-electron chi connectivity index (χ2n) is 5.48. The zero-order valence-electron chi connectivity index (χ0n) is 12.5. The molecular formula is C15H26ClN3O. The van der Waals surface area contributed by atoms with Crippen LogP contribution in [0.3, 0.4) is 0 Å². The van der Waals surface area contributed by atoms with E-state index in [0.717, 1.165) is 0 Å². The van der Waals surface area contributed by atoms with Gasteiger partial charge in [-0.3, -0.25) is 4.79 Å². The number of amides is 1. The molecule has 4 N–H and O–H groups in total. The Morgan fingerprint density at radius 3 is 2.45 bits per heavy atom. The van der Waals surface area contributed by atoms with E-state index in [0.29, 0.717) is 19.5 Å². The summed E-state index contributed by atoms with van der Waals surface area (Å²) in [6.45, 7) is 7.26. The van der Waals surface area contributed by atoms with Gasteiger partial charge >= 0.3 is 0 Å². The summed E-state index contributed by atoms with van der Waals surface area (Å²) < 4.78 is 0. The van der Waals surface area contributed by atoms with Crippen molar-refractivity contribution in [2.45, 2.75) is 38.8 Å². The van der Waals surface area contributed by atoms with Crippen molar-refractivity contribution in [3.63, 3.8) is 0 Å². The minimum absolute atomic E-state index is 0. The average molecular weight is 300 g/mol. The molecule has 0 aliphatic carbocycles. The molecular weight excluding hydrogens is 274 g/mol. The fraction of sp³-hybridized carbons (Fsp3) is 0.533. The number of halogens is 1. The van der Waals surface area contributed by atoms with E-state index in [9.17, 15) is 4.79 Å². The Hall–Kier alpha value is -1.10. The van der Waals surface area contributed by atoms with Crippen molar-refractivity contribution < 1.29 is 4.79 Å². The molecule has 0 saturated carbocycles. The number of rotatable bonds is 7. The van der Waals surface area contributed by atoms with Gasteiger partial charge in [0, 0.05) is 31.1 Å². The Kier molecular flexibility index (Phi) is 8.46. The van der Waals surface area contributed by atoms with Gasteiger partial charge in [-0.1, -0.05) is 30.3 Å². The SMILES string of the molecule is CC(NC(C)(C)CNC(=O)CCN)c1ccccc1.Cl. The van der Waals surface area contributed by atoms with Gasteiger partial charge in [-0.05, 0) is 26.3 Å². The summed E-state index contributed by atoms with van der Waals surface area (Å²) in [5, 5.41) is 6.42. The smallest absolute Gasteiger partial charge is 0.221 e. The van der Waals surface area contributed by atoms with Gasteiger partial charge in [0.1, 0.15) is 0 Å². The first-order valence-corrected chi connectivity index (χ1v) is 6.74. The normalized spacial score (nSPS) is 12.4. The quantitative estimate of drug-likeness (QED) is 0.721. The summed E-state index contributed by atoms with van der Waals surface area (Å²) in [6.07, 6.45) is 0.379. The van der Waals surface area contributed by atoms with Crippen LogP contribution in [0.25, 0.3) is 0 Å². The van der Waals surface area contributed by atoms with Crippen LogP contribution in [0.2, 0.25) is 0 Å². The molecule has 1 rings (SSSR count). The third kappa shape index (κ3) is 6.89. The molecule has 114 valence electrons. The van der Waals surface area contributed by atoms with Crippen molar-refractivity contribution in [3.05, 3.63) is 35.9 Å². The largest absolute Gasteiger partial charge is 0.354 e. The number of hydrogen-bond acceptors (Lipinski definition) is 3. The molecule has 0 heterocycles. The highest BCUT2D eigenvalue weighted by atomic mass is 35.5. The van der Waals surface area contributed by atoms with Crippen LogP contribution in [0.1, 0.15) is 38.8 Å². The molecule has 4 nitrogen and oxygen atoms in total. The summed E-state index contributed by atoms with van der Waals surface area (Å²) in [4.78, 5) is 11.4. The number of nitrogens with one attached hydrogen (secondary N) is 2. The highest BCUT2D eigenvalue weighted by Crippen LogP contribution is 2.15. The molecule has 0 bridgehead atoms. The highest BCUT2D eigenvalue weighted by molar-refractivity contribution is 5.85. The molecule has 0 aliphatic heterocycles. The predicted molar refractivity (Wildman–Crippen MR) is 86.0 cm³/mol. The van der Waals surface area contributed by atoms with Gasteiger partial charge in [-0.15, -0.1) is 12.4 Å².